The summed E-state index contributed by atoms with van der Waals surface area (Å²) in [5, 5.41) is 5.50. The Bertz CT molecular complexity index is 483. The lowest BCUT2D eigenvalue weighted by atomic mass is 9.97. The van der Waals surface area contributed by atoms with Gasteiger partial charge in [0.2, 0.25) is 11.8 Å². The Morgan fingerprint density at radius 3 is 2.30 bits per heavy atom. The van der Waals surface area contributed by atoms with Gasteiger partial charge < -0.3 is 10.6 Å². The van der Waals surface area contributed by atoms with Gasteiger partial charge in [0.15, 0.2) is 9.84 Å². The van der Waals surface area contributed by atoms with E-state index in [4.69, 9.17) is 0 Å². The van der Waals surface area contributed by atoms with Crippen molar-refractivity contribution in [3.8, 4) is 0 Å². The third-order valence-corrected chi connectivity index (χ3v) is 5.86. The van der Waals surface area contributed by atoms with Gasteiger partial charge in [-0.1, -0.05) is 12.8 Å². The number of nitrogens with one attached hydrogen (secondary N) is 2. The molecule has 6 nitrogen and oxygen atoms in total. The Morgan fingerprint density at radius 2 is 1.80 bits per heavy atom. The fraction of sp³-hybridized carbons (Fsp3) is 0.846. The molecule has 1 aliphatic carbocycles. The second kappa shape index (κ2) is 6.11. The van der Waals surface area contributed by atoms with Crippen LogP contribution in [0.4, 0.5) is 0 Å². The lowest BCUT2D eigenvalue weighted by molar-refractivity contribution is -0.129. The summed E-state index contributed by atoms with van der Waals surface area (Å²) >= 11 is 0. The van der Waals surface area contributed by atoms with Crippen LogP contribution in [0.5, 0.6) is 0 Å². The average molecular weight is 302 g/mol. The van der Waals surface area contributed by atoms with Crippen molar-refractivity contribution < 1.29 is 18.0 Å². The Labute approximate surface area is 119 Å². The molecule has 20 heavy (non-hydrogen) atoms. The van der Waals surface area contributed by atoms with Crippen LogP contribution < -0.4 is 10.6 Å². The van der Waals surface area contributed by atoms with Gasteiger partial charge in [0, 0.05) is 13.0 Å². The van der Waals surface area contributed by atoms with E-state index in [0.717, 1.165) is 25.7 Å². The summed E-state index contributed by atoms with van der Waals surface area (Å²) in [6.45, 7) is 1.40. The Balaban J connectivity index is 1.97. The zero-order valence-corrected chi connectivity index (χ0v) is 12.5. The van der Waals surface area contributed by atoms with Gasteiger partial charge >= 0.3 is 0 Å². The van der Waals surface area contributed by atoms with Gasteiger partial charge in [0.05, 0.1) is 11.5 Å². The van der Waals surface area contributed by atoms with Crippen molar-refractivity contribution in [2.24, 2.45) is 5.92 Å². The van der Waals surface area contributed by atoms with Crippen molar-refractivity contribution in [3.05, 3.63) is 0 Å². The molecule has 114 valence electrons. The average Bonchev–Trinajstić information content (AvgIpc) is 2.95. The lowest BCUT2D eigenvalue weighted by Gasteiger charge is -2.24. The molecule has 0 aromatic carbocycles. The van der Waals surface area contributed by atoms with Crippen molar-refractivity contribution in [1.29, 1.82) is 0 Å². The maximum absolute atomic E-state index is 12.3. The summed E-state index contributed by atoms with van der Waals surface area (Å²) in [5.74, 6) is -0.162. The predicted octanol–water partition coefficient (Wildman–Crippen LogP) is -0.0154. The van der Waals surface area contributed by atoms with Gasteiger partial charge in [0.25, 0.3) is 0 Å². The van der Waals surface area contributed by atoms with Crippen LogP contribution in [0.1, 0.15) is 39.0 Å². The third-order valence-electron chi connectivity index (χ3n) is 4.09. The molecule has 1 aliphatic heterocycles. The van der Waals surface area contributed by atoms with Gasteiger partial charge in [-0.25, -0.2) is 8.42 Å². The van der Waals surface area contributed by atoms with Crippen LogP contribution in [0.25, 0.3) is 0 Å². The fourth-order valence-electron chi connectivity index (χ4n) is 3.11. The minimum absolute atomic E-state index is 0.0101. The van der Waals surface area contributed by atoms with Crippen LogP contribution in [0.15, 0.2) is 0 Å². The topological polar surface area (TPSA) is 92.3 Å². The minimum atomic E-state index is -3.01. The number of hydrogen-bond acceptors (Lipinski definition) is 4. The molecule has 2 aliphatic rings. The van der Waals surface area contributed by atoms with E-state index in [0.29, 0.717) is 6.42 Å². The molecule has 2 amide bonds. The first-order valence-electron chi connectivity index (χ1n) is 7.15. The van der Waals surface area contributed by atoms with Gasteiger partial charge in [-0.2, -0.15) is 0 Å². The number of carbonyl (C=O) groups is 2. The largest absolute Gasteiger partial charge is 0.351 e. The molecule has 2 N–H and O–H groups in total. The second-order valence-corrected chi connectivity index (χ2v) is 8.06. The van der Waals surface area contributed by atoms with Gasteiger partial charge in [-0.05, 0) is 25.2 Å². The van der Waals surface area contributed by atoms with E-state index in [1.165, 1.54) is 6.92 Å². The molecule has 1 saturated carbocycles. The normalized spacial score (nSPS) is 27.1. The number of carbonyl (C=O) groups excluding carboxylic acids is 2. The summed E-state index contributed by atoms with van der Waals surface area (Å²) in [7, 11) is -3.01. The standard InChI is InChI=1S/C13H22N2O4S/c1-9(16)14-12(10-4-2-3-5-10)13(17)15-11-6-7-20(18,19)8-11/h10-12H,2-8H2,1H3,(H,14,16)(H,15,17)/t11-,12+/m0/s1. The predicted molar refractivity (Wildman–Crippen MR) is 74.8 cm³/mol. The number of sulfone groups is 1. The van der Waals surface area contributed by atoms with Gasteiger partial charge in [0.1, 0.15) is 6.04 Å². The first kappa shape index (κ1) is 15.3. The van der Waals surface area contributed by atoms with E-state index < -0.39 is 15.9 Å². The van der Waals surface area contributed by atoms with Gasteiger partial charge in [-0.3, -0.25) is 9.59 Å². The summed E-state index contributed by atoms with van der Waals surface area (Å²) in [6.07, 6.45) is 4.48. The van der Waals surface area contributed by atoms with Crippen molar-refractivity contribution in [2.75, 3.05) is 11.5 Å². The molecular weight excluding hydrogens is 280 g/mol. The highest BCUT2D eigenvalue weighted by atomic mass is 32.2. The first-order valence-corrected chi connectivity index (χ1v) is 8.97. The third kappa shape index (κ3) is 3.94. The second-order valence-electron chi connectivity index (χ2n) is 5.83. The molecule has 0 bridgehead atoms. The van der Waals surface area contributed by atoms with Crippen LogP contribution in [0.3, 0.4) is 0 Å². The van der Waals surface area contributed by atoms with Crippen LogP contribution in [-0.4, -0.2) is 43.8 Å². The highest BCUT2D eigenvalue weighted by molar-refractivity contribution is 7.91. The van der Waals surface area contributed by atoms with E-state index in [1.807, 2.05) is 0 Å². The Hall–Kier alpha value is -1.11. The van der Waals surface area contributed by atoms with E-state index >= 15 is 0 Å². The molecule has 1 saturated heterocycles. The zero-order chi connectivity index (χ0) is 14.8. The molecule has 0 aromatic rings. The summed E-state index contributed by atoms with van der Waals surface area (Å²) in [4.78, 5) is 23.6. The van der Waals surface area contributed by atoms with Crippen LogP contribution in [0, 0.1) is 5.92 Å². The molecule has 2 fully saturated rings. The molecule has 1 heterocycles. The molecule has 0 radical (unpaired) electrons. The van der Waals surface area contributed by atoms with Crippen molar-refractivity contribution in [3.63, 3.8) is 0 Å². The molecule has 0 unspecified atom stereocenters. The number of hydrogen-bond donors (Lipinski definition) is 2. The maximum atomic E-state index is 12.3. The van der Waals surface area contributed by atoms with E-state index in [-0.39, 0.29) is 35.3 Å². The monoisotopic (exact) mass is 302 g/mol. The highest BCUT2D eigenvalue weighted by Gasteiger charge is 2.35. The zero-order valence-electron chi connectivity index (χ0n) is 11.7. The number of rotatable bonds is 4. The molecule has 0 aromatic heterocycles. The van der Waals surface area contributed by atoms with Crippen molar-refractivity contribution in [1.82, 2.24) is 10.6 Å². The molecule has 0 spiro atoms. The summed E-state index contributed by atoms with van der Waals surface area (Å²) in [5.41, 5.74) is 0. The van der Waals surface area contributed by atoms with Crippen LogP contribution in [0.2, 0.25) is 0 Å². The van der Waals surface area contributed by atoms with Crippen molar-refractivity contribution in [2.45, 2.75) is 51.1 Å². The summed E-state index contributed by atoms with van der Waals surface area (Å²) < 4.78 is 22.8. The van der Waals surface area contributed by atoms with E-state index in [9.17, 15) is 18.0 Å². The smallest absolute Gasteiger partial charge is 0.243 e. The van der Waals surface area contributed by atoms with Crippen LogP contribution >= 0.6 is 0 Å². The first-order chi connectivity index (χ1) is 9.37. The summed E-state index contributed by atoms with van der Waals surface area (Å²) in [6, 6.07) is -0.844. The number of amides is 2. The quantitative estimate of drug-likeness (QED) is 0.763. The molecule has 2 atom stereocenters. The fourth-order valence-corrected chi connectivity index (χ4v) is 4.78. The van der Waals surface area contributed by atoms with Crippen LogP contribution in [-0.2, 0) is 19.4 Å². The molecule has 2 rings (SSSR count). The Kier molecular flexibility index (Phi) is 4.67. The lowest BCUT2D eigenvalue weighted by Crippen LogP contribution is -2.52. The SMILES string of the molecule is CC(=O)N[C@@H](C(=O)N[C@H]1CCS(=O)(=O)C1)C1CCCC1. The molecular formula is C13H22N2O4S. The molecule has 7 heteroatoms. The Morgan fingerprint density at radius 1 is 1.15 bits per heavy atom. The highest BCUT2D eigenvalue weighted by Crippen LogP contribution is 2.28. The van der Waals surface area contributed by atoms with E-state index in [2.05, 4.69) is 10.6 Å². The van der Waals surface area contributed by atoms with E-state index in [1.54, 1.807) is 0 Å². The van der Waals surface area contributed by atoms with Crippen molar-refractivity contribution >= 4 is 21.7 Å². The minimum Gasteiger partial charge on any atom is -0.351 e. The van der Waals surface area contributed by atoms with Gasteiger partial charge in [-0.15, -0.1) is 0 Å². The maximum Gasteiger partial charge on any atom is 0.243 e.